The molecule has 0 radical (unpaired) electrons. The van der Waals surface area contributed by atoms with E-state index in [4.69, 9.17) is 11.6 Å². The molecule has 162 valence electrons. The molecule has 3 heterocycles. The number of aromatic nitrogens is 2. The van der Waals surface area contributed by atoms with Crippen molar-refractivity contribution in [1.29, 1.82) is 0 Å². The Kier molecular flexibility index (Phi) is 6.67. The zero-order chi connectivity index (χ0) is 21.8. The van der Waals surface area contributed by atoms with Crippen LogP contribution in [0, 0.1) is 5.82 Å². The highest BCUT2D eigenvalue weighted by atomic mass is 35.5. The molecule has 0 saturated carbocycles. The lowest BCUT2D eigenvalue weighted by atomic mass is 10.2. The van der Waals surface area contributed by atoms with Crippen LogP contribution in [0.15, 0.2) is 52.6 Å². The first-order valence-corrected chi connectivity index (χ1v) is 11.4. The Morgan fingerprint density at radius 2 is 1.94 bits per heavy atom. The molecule has 4 rings (SSSR count). The Hall–Kier alpha value is -2.71. The molecule has 9 heteroatoms. The molecule has 0 atom stereocenters. The topological polar surface area (TPSA) is 58.4 Å². The fourth-order valence-corrected chi connectivity index (χ4v) is 4.46. The minimum Gasteiger partial charge on any atom is -0.368 e. The van der Waals surface area contributed by atoms with Gasteiger partial charge in [-0.3, -0.25) is 9.59 Å². The van der Waals surface area contributed by atoms with E-state index >= 15 is 0 Å². The summed E-state index contributed by atoms with van der Waals surface area (Å²) in [6, 6.07) is 11.8. The Morgan fingerprint density at radius 3 is 2.65 bits per heavy atom. The van der Waals surface area contributed by atoms with Gasteiger partial charge in [-0.1, -0.05) is 17.7 Å². The van der Waals surface area contributed by atoms with Crippen molar-refractivity contribution in [2.45, 2.75) is 19.4 Å². The standard InChI is InChI=1S/C22H22ClFN4O2S/c23-17-15-16(5-6-18(17)24)26-10-12-27(13-11-26)21(29)4-1-9-28-22(30)8-7-19(25-28)20-3-2-14-31-20/h2-3,5-8,14-15H,1,4,9-13H2. The van der Waals surface area contributed by atoms with E-state index in [2.05, 4.69) is 10.00 Å². The van der Waals surface area contributed by atoms with E-state index in [1.54, 1.807) is 29.5 Å². The van der Waals surface area contributed by atoms with Gasteiger partial charge in [-0.25, -0.2) is 9.07 Å². The van der Waals surface area contributed by atoms with Crippen LogP contribution in [-0.2, 0) is 11.3 Å². The minimum atomic E-state index is -0.436. The highest BCUT2D eigenvalue weighted by molar-refractivity contribution is 7.13. The molecule has 2 aromatic heterocycles. The number of benzene rings is 1. The van der Waals surface area contributed by atoms with Crippen LogP contribution in [0.3, 0.4) is 0 Å². The number of hydrogen-bond acceptors (Lipinski definition) is 5. The summed E-state index contributed by atoms with van der Waals surface area (Å²) in [7, 11) is 0. The molecule has 0 spiro atoms. The second-order valence-corrected chi connectivity index (χ2v) is 8.68. The molecule has 0 N–H and O–H groups in total. The first-order chi connectivity index (χ1) is 15.0. The second-order valence-electron chi connectivity index (χ2n) is 7.33. The van der Waals surface area contributed by atoms with E-state index in [0.29, 0.717) is 45.6 Å². The quantitative estimate of drug-likeness (QED) is 0.560. The number of amides is 1. The van der Waals surface area contributed by atoms with Crippen molar-refractivity contribution in [3.05, 3.63) is 69.0 Å². The van der Waals surface area contributed by atoms with Crippen LogP contribution in [0.4, 0.5) is 10.1 Å². The Morgan fingerprint density at radius 1 is 1.13 bits per heavy atom. The number of hydrogen-bond donors (Lipinski definition) is 0. The van der Waals surface area contributed by atoms with Crippen LogP contribution in [0.5, 0.6) is 0 Å². The summed E-state index contributed by atoms with van der Waals surface area (Å²) in [5.74, 6) is -0.368. The van der Waals surface area contributed by atoms with Crippen molar-refractivity contribution in [2.24, 2.45) is 0 Å². The maximum Gasteiger partial charge on any atom is 0.266 e. The van der Waals surface area contributed by atoms with E-state index in [-0.39, 0.29) is 16.5 Å². The normalized spacial score (nSPS) is 14.1. The summed E-state index contributed by atoms with van der Waals surface area (Å²) < 4.78 is 14.8. The van der Waals surface area contributed by atoms with E-state index in [1.807, 2.05) is 22.4 Å². The number of anilines is 1. The lowest BCUT2D eigenvalue weighted by Crippen LogP contribution is -2.48. The fraction of sp³-hybridized carbons (Fsp3) is 0.318. The smallest absolute Gasteiger partial charge is 0.266 e. The molecule has 31 heavy (non-hydrogen) atoms. The molecule has 1 aromatic carbocycles. The predicted octanol–water partition coefficient (Wildman–Crippen LogP) is 3.89. The lowest BCUT2D eigenvalue weighted by Gasteiger charge is -2.36. The fourth-order valence-electron chi connectivity index (χ4n) is 3.60. The molecule has 3 aromatic rings. The number of aryl methyl sites for hydroxylation is 1. The number of carbonyl (C=O) groups is 1. The summed E-state index contributed by atoms with van der Waals surface area (Å²) in [5.41, 5.74) is 1.45. The zero-order valence-electron chi connectivity index (χ0n) is 16.8. The second kappa shape index (κ2) is 9.62. The summed E-state index contributed by atoms with van der Waals surface area (Å²) >= 11 is 7.44. The molecule has 0 aliphatic carbocycles. The molecular formula is C22H22ClFN4O2S. The number of carbonyl (C=O) groups excluding carboxylic acids is 1. The van der Waals surface area contributed by atoms with Gasteiger partial charge >= 0.3 is 0 Å². The Labute approximate surface area is 188 Å². The molecule has 6 nitrogen and oxygen atoms in total. The molecule has 1 fully saturated rings. The third kappa shape index (κ3) is 5.14. The third-order valence-electron chi connectivity index (χ3n) is 5.30. The number of nitrogens with zero attached hydrogens (tertiary/aromatic N) is 4. The van der Waals surface area contributed by atoms with E-state index in [9.17, 15) is 14.0 Å². The zero-order valence-corrected chi connectivity index (χ0v) is 18.4. The first kappa shape index (κ1) is 21.5. The van der Waals surface area contributed by atoms with Gasteiger partial charge in [0.15, 0.2) is 0 Å². The number of halogens is 2. The first-order valence-electron chi connectivity index (χ1n) is 10.1. The van der Waals surface area contributed by atoms with Crippen molar-refractivity contribution in [2.75, 3.05) is 31.1 Å². The molecular weight excluding hydrogens is 439 g/mol. The molecule has 1 amide bonds. The number of rotatable bonds is 6. The van der Waals surface area contributed by atoms with Crippen molar-refractivity contribution in [3.8, 4) is 10.6 Å². The number of thiophene rings is 1. The third-order valence-corrected chi connectivity index (χ3v) is 6.48. The van der Waals surface area contributed by atoms with Crippen molar-refractivity contribution < 1.29 is 9.18 Å². The van der Waals surface area contributed by atoms with Gasteiger partial charge in [0.2, 0.25) is 5.91 Å². The molecule has 1 aliphatic heterocycles. The summed E-state index contributed by atoms with van der Waals surface area (Å²) in [5, 5.41) is 6.49. The minimum absolute atomic E-state index is 0.0687. The van der Waals surface area contributed by atoms with Gasteiger partial charge in [0.1, 0.15) is 11.5 Å². The maximum absolute atomic E-state index is 13.4. The van der Waals surface area contributed by atoms with Gasteiger partial charge < -0.3 is 9.80 Å². The Balaban J connectivity index is 1.28. The van der Waals surface area contributed by atoms with Crippen LogP contribution in [0.1, 0.15) is 12.8 Å². The summed E-state index contributed by atoms with van der Waals surface area (Å²) in [4.78, 5) is 29.6. The van der Waals surface area contributed by atoms with Gasteiger partial charge in [-0.2, -0.15) is 5.10 Å². The highest BCUT2D eigenvalue weighted by Gasteiger charge is 2.21. The van der Waals surface area contributed by atoms with Crippen molar-refractivity contribution in [1.82, 2.24) is 14.7 Å². The van der Waals surface area contributed by atoms with Crippen molar-refractivity contribution in [3.63, 3.8) is 0 Å². The van der Waals surface area contributed by atoms with Gasteiger partial charge in [0.05, 0.1) is 9.90 Å². The monoisotopic (exact) mass is 460 g/mol. The SMILES string of the molecule is O=C(CCCn1nc(-c2cccs2)ccc1=O)N1CCN(c2ccc(F)c(Cl)c2)CC1. The average molecular weight is 461 g/mol. The highest BCUT2D eigenvalue weighted by Crippen LogP contribution is 2.24. The molecule has 1 saturated heterocycles. The van der Waals surface area contributed by atoms with Crippen molar-refractivity contribution >= 4 is 34.5 Å². The van der Waals surface area contributed by atoms with Gasteiger partial charge in [0.25, 0.3) is 5.56 Å². The van der Waals surface area contributed by atoms with Crippen LogP contribution >= 0.6 is 22.9 Å². The summed E-state index contributed by atoms with van der Waals surface area (Å²) in [6.07, 6.45) is 0.910. The Bertz CT molecular complexity index is 1110. The van der Waals surface area contributed by atoms with E-state index < -0.39 is 5.82 Å². The molecule has 0 bridgehead atoms. The molecule has 0 unspecified atom stereocenters. The summed E-state index contributed by atoms with van der Waals surface area (Å²) in [6.45, 7) is 2.92. The molecule has 1 aliphatic rings. The van der Waals surface area contributed by atoms with Gasteiger partial charge in [-0.15, -0.1) is 11.3 Å². The van der Waals surface area contributed by atoms with Crippen LogP contribution in [0.25, 0.3) is 10.6 Å². The average Bonchev–Trinajstić information content (AvgIpc) is 3.32. The maximum atomic E-state index is 13.4. The van der Waals surface area contributed by atoms with Crippen LogP contribution in [0.2, 0.25) is 5.02 Å². The van der Waals surface area contributed by atoms with Gasteiger partial charge in [0, 0.05) is 50.9 Å². The van der Waals surface area contributed by atoms with Crippen LogP contribution < -0.4 is 10.5 Å². The lowest BCUT2D eigenvalue weighted by molar-refractivity contribution is -0.131. The van der Waals surface area contributed by atoms with Gasteiger partial charge in [-0.05, 0) is 42.1 Å². The predicted molar refractivity (Wildman–Crippen MR) is 121 cm³/mol. The number of piperazine rings is 1. The van der Waals surface area contributed by atoms with E-state index in [0.717, 1.165) is 16.3 Å². The van der Waals surface area contributed by atoms with Crippen LogP contribution in [-0.4, -0.2) is 46.8 Å². The largest absolute Gasteiger partial charge is 0.368 e. The van der Waals surface area contributed by atoms with E-state index in [1.165, 1.54) is 16.8 Å².